The largest absolute Gasteiger partial charge is 0.332 e. The molecule has 0 spiro atoms. The monoisotopic (exact) mass is 408 g/mol. The Balaban J connectivity index is 1.75. The molecule has 3 aromatic rings. The van der Waals surface area contributed by atoms with Crippen molar-refractivity contribution in [3.8, 4) is 5.69 Å². The standard InChI is InChI=1S/C20H20N6O4/c1-13-5-4-6-16(14(13)2)23-19(27)10-24(3)20(28)15-7-8-17(18(9-15)26(29)30)25-12-21-11-22-25/h4-9,11-12H,10H2,1-3H3,(H,23,27). The summed E-state index contributed by atoms with van der Waals surface area (Å²) in [5.74, 6) is -0.882. The molecule has 3 rings (SSSR count). The smallest absolute Gasteiger partial charge is 0.295 e. The van der Waals surface area contributed by atoms with Gasteiger partial charge in [-0.3, -0.25) is 19.7 Å². The van der Waals surface area contributed by atoms with Crippen molar-refractivity contribution in [3.63, 3.8) is 0 Å². The summed E-state index contributed by atoms with van der Waals surface area (Å²) < 4.78 is 1.24. The van der Waals surface area contributed by atoms with Crippen molar-refractivity contribution in [2.45, 2.75) is 13.8 Å². The summed E-state index contributed by atoms with van der Waals surface area (Å²) in [6.07, 6.45) is 2.58. The van der Waals surface area contributed by atoms with Crippen LogP contribution < -0.4 is 5.32 Å². The second-order valence-electron chi connectivity index (χ2n) is 6.76. The molecular formula is C20H20N6O4. The van der Waals surface area contributed by atoms with Crippen LogP contribution in [-0.4, -0.2) is 50.0 Å². The lowest BCUT2D eigenvalue weighted by Crippen LogP contribution is -2.35. The predicted octanol–water partition coefficient (Wildman–Crippen LogP) is 2.50. The van der Waals surface area contributed by atoms with Gasteiger partial charge in [-0.15, -0.1) is 0 Å². The molecular weight excluding hydrogens is 388 g/mol. The van der Waals surface area contributed by atoms with Crippen molar-refractivity contribution >= 4 is 23.2 Å². The summed E-state index contributed by atoms with van der Waals surface area (Å²) in [6.45, 7) is 3.64. The normalized spacial score (nSPS) is 10.5. The van der Waals surface area contributed by atoms with E-state index in [4.69, 9.17) is 0 Å². The first-order valence-electron chi connectivity index (χ1n) is 9.03. The minimum atomic E-state index is -0.596. The van der Waals surface area contributed by atoms with Gasteiger partial charge in [-0.05, 0) is 43.2 Å². The number of carbonyl (C=O) groups is 2. The van der Waals surface area contributed by atoms with Gasteiger partial charge in [0.1, 0.15) is 18.3 Å². The van der Waals surface area contributed by atoms with E-state index in [1.807, 2.05) is 26.0 Å². The Kier molecular flexibility index (Phi) is 5.86. The molecule has 154 valence electrons. The number of rotatable bonds is 6. The van der Waals surface area contributed by atoms with E-state index >= 15 is 0 Å². The summed E-state index contributed by atoms with van der Waals surface area (Å²) >= 11 is 0. The zero-order chi connectivity index (χ0) is 21.8. The summed E-state index contributed by atoms with van der Waals surface area (Å²) in [6, 6.07) is 9.60. The number of nitrogens with one attached hydrogen (secondary N) is 1. The van der Waals surface area contributed by atoms with Gasteiger partial charge in [0, 0.05) is 24.4 Å². The van der Waals surface area contributed by atoms with Crippen molar-refractivity contribution < 1.29 is 14.5 Å². The Hall–Kier alpha value is -4.08. The Morgan fingerprint density at radius 2 is 2.00 bits per heavy atom. The molecule has 30 heavy (non-hydrogen) atoms. The number of carbonyl (C=O) groups excluding carboxylic acids is 2. The summed E-state index contributed by atoms with van der Waals surface area (Å²) in [7, 11) is 1.46. The lowest BCUT2D eigenvalue weighted by atomic mass is 10.1. The molecule has 1 heterocycles. The molecule has 0 atom stereocenters. The maximum atomic E-state index is 12.7. The molecule has 0 saturated carbocycles. The topological polar surface area (TPSA) is 123 Å². The maximum absolute atomic E-state index is 12.7. The molecule has 0 aliphatic carbocycles. The molecule has 1 aromatic heterocycles. The fourth-order valence-electron chi connectivity index (χ4n) is 2.91. The Morgan fingerprint density at radius 1 is 1.23 bits per heavy atom. The Bertz CT molecular complexity index is 1110. The van der Waals surface area contributed by atoms with Gasteiger partial charge in [0.2, 0.25) is 5.91 Å². The predicted molar refractivity (Wildman–Crippen MR) is 110 cm³/mol. The van der Waals surface area contributed by atoms with E-state index in [0.717, 1.165) is 11.1 Å². The van der Waals surface area contributed by atoms with Crippen LogP contribution in [0.25, 0.3) is 5.69 Å². The number of nitro benzene ring substituents is 1. The van der Waals surface area contributed by atoms with E-state index in [1.165, 1.54) is 47.5 Å². The van der Waals surface area contributed by atoms with Crippen LogP contribution in [0.15, 0.2) is 49.1 Å². The summed E-state index contributed by atoms with van der Waals surface area (Å²) in [5, 5.41) is 18.1. The fraction of sp³-hybridized carbons (Fsp3) is 0.200. The second kappa shape index (κ2) is 8.52. The SMILES string of the molecule is Cc1cccc(NC(=O)CN(C)C(=O)c2ccc(-n3cncn3)c([N+](=O)[O-])c2)c1C. The summed E-state index contributed by atoms with van der Waals surface area (Å²) in [4.78, 5) is 40.9. The van der Waals surface area contributed by atoms with E-state index in [0.29, 0.717) is 5.69 Å². The van der Waals surface area contributed by atoms with Gasteiger partial charge in [0.15, 0.2) is 0 Å². The zero-order valence-corrected chi connectivity index (χ0v) is 16.7. The third kappa shape index (κ3) is 4.32. The van der Waals surface area contributed by atoms with Gasteiger partial charge in [0.25, 0.3) is 11.6 Å². The van der Waals surface area contributed by atoms with Gasteiger partial charge >= 0.3 is 0 Å². The lowest BCUT2D eigenvalue weighted by Gasteiger charge is -2.18. The zero-order valence-electron chi connectivity index (χ0n) is 16.7. The first-order valence-corrected chi connectivity index (χ1v) is 9.03. The van der Waals surface area contributed by atoms with Gasteiger partial charge in [-0.2, -0.15) is 5.10 Å². The van der Waals surface area contributed by atoms with E-state index < -0.39 is 10.8 Å². The molecule has 0 aliphatic rings. The van der Waals surface area contributed by atoms with E-state index in [2.05, 4.69) is 15.4 Å². The highest BCUT2D eigenvalue weighted by Crippen LogP contribution is 2.24. The van der Waals surface area contributed by atoms with Crippen LogP contribution in [0.2, 0.25) is 0 Å². The highest BCUT2D eigenvalue weighted by molar-refractivity contribution is 6.00. The van der Waals surface area contributed by atoms with Crippen molar-refractivity contribution in [1.82, 2.24) is 19.7 Å². The van der Waals surface area contributed by atoms with Gasteiger partial charge < -0.3 is 10.2 Å². The molecule has 0 saturated heterocycles. The Labute approximate surface area is 172 Å². The number of hydrogen-bond acceptors (Lipinski definition) is 6. The van der Waals surface area contributed by atoms with E-state index in [-0.39, 0.29) is 29.4 Å². The number of likely N-dealkylation sites (N-methyl/N-ethyl adjacent to an activating group) is 1. The lowest BCUT2D eigenvalue weighted by molar-refractivity contribution is -0.384. The molecule has 0 unspecified atom stereocenters. The van der Waals surface area contributed by atoms with E-state index in [9.17, 15) is 19.7 Å². The number of aromatic nitrogens is 3. The van der Waals surface area contributed by atoms with Crippen LogP contribution in [0.1, 0.15) is 21.5 Å². The van der Waals surface area contributed by atoms with Crippen LogP contribution >= 0.6 is 0 Å². The quantitative estimate of drug-likeness (QED) is 0.494. The maximum Gasteiger partial charge on any atom is 0.295 e. The highest BCUT2D eigenvalue weighted by atomic mass is 16.6. The Morgan fingerprint density at radius 3 is 2.67 bits per heavy atom. The first kappa shape index (κ1) is 20.6. The van der Waals surface area contributed by atoms with Crippen molar-refractivity contribution in [3.05, 3.63) is 75.9 Å². The number of nitrogens with zero attached hydrogens (tertiary/aromatic N) is 5. The first-order chi connectivity index (χ1) is 14.3. The molecule has 0 aliphatic heterocycles. The number of nitro groups is 1. The molecule has 1 N–H and O–H groups in total. The van der Waals surface area contributed by atoms with Gasteiger partial charge in [-0.25, -0.2) is 9.67 Å². The minimum Gasteiger partial charge on any atom is -0.332 e. The average molecular weight is 408 g/mol. The molecule has 2 aromatic carbocycles. The van der Waals surface area contributed by atoms with E-state index in [1.54, 1.807) is 6.07 Å². The van der Waals surface area contributed by atoms with Crippen LogP contribution in [0.3, 0.4) is 0 Å². The molecule has 0 radical (unpaired) electrons. The number of benzene rings is 2. The van der Waals surface area contributed by atoms with Crippen LogP contribution in [-0.2, 0) is 4.79 Å². The van der Waals surface area contributed by atoms with Crippen LogP contribution in [0.5, 0.6) is 0 Å². The fourth-order valence-corrected chi connectivity index (χ4v) is 2.91. The number of hydrogen-bond donors (Lipinski definition) is 1. The average Bonchev–Trinajstić information content (AvgIpc) is 3.25. The van der Waals surface area contributed by atoms with Crippen molar-refractivity contribution in [2.24, 2.45) is 0 Å². The molecule has 10 nitrogen and oxygen atoms in total. The highest BCUT2D eigenvalue weighted by Gasteiger charge is 2.22. The number of amides is 2. The van der Waals surface area contributed by atoms with Crippen LogP contribution in [0, 0.1) is 24.0 Å². The summed E-state index contributed by atoms with van der Waals surface area (Å²) in [5.41, 5.74) is 2.64. The molecule has 10 heteroatoms. The second-order valence-corrected chi connectivity index (χ2v) is 6.76. The molecule has 0 fully saturated rings. The van der Waals surface area contributed by atoms with Crippen molar-refractivity contribution in [2.75, 3.05) is 18.9 Å². The van der Waals surface area contributed by atoms with Gasteiger partial charge in [0.05, 0.1) is 11.5 Å². The van der Waals surface area contributed by atoms with Crippen LogP contribution in [0.4, 0.5) is 11.4 Å². The number of anilines is 1. The molecule has 0 bridgehead atoms. The third-order valence-electron chi connectivity index (χ3n) is 4.69. The van der Waals surface area contributed by atoms with Crippen molar-refractivity contribution in [1.29, 1.82) is 0 Å². The number of aryl methyl sites for hydroxylation is 1. The third-order valence-corrected chi connectivity index (χ3v) is 4.69. The minimum absolute atomic E-state index is 0.0904. The molecule has 2 amide bonds. The van der Waals surface area contributed by atoms with Gasteiger partial charge in [-0.1, -0.05) is 12.1 Å².